The molecule has 0 spiro atoms. The lowest BCUT2D eigenvalue weighted by Gasteiger charge is -2.01. The van der Waals surface area contributed by atoms with Gasteiger partial charge in [-0.25, -0.2) is 15.0 Å². The van der Waals surface area contributed by atoms with Gasteiger partial charge in [-0.05, 0) is 19.3 Å². The maximum atomic E-state index is 5.58. The van der Waals surface area contributed by atoms with Gasteiger partial charge in [-0.2, -0.15) is 0 Å². The molecule has 3 rings (SSSR count). The molecular weight excluding hydrogens is 222 g/mol. The number of nitrogen functional groups attached to an aromatic ring is 1. The number of rotatable bonds is 2. The molecule has 16 heavy (non-hydrogen) atoms. The van der Waals surface area contributed by atoms with E-state index in [1.807, 2.05) is 0 Å². The number of aromatic nitrogens is 3. The molecule has 5 nitrogen and oxygen atoms in total. The van der Waals surface area contributed by atoms with Crippen LogP contribution in [0.15, 0.2) is 12.4 Å². The van der Waals surface area contributed by atoms with Gasteiger partial charge in [-0.1, -0.05) is 0 Å². The molecule has 0 unspecified atom stereocenters. The summed E-state index contributed by atoms with van der Waals surface area (Å²) in [5.74, 6) is 1.15. The summed E-state index contributed by atoms with van der Waals surface area (Å²) in [5, 5.41) is 4.04. The molecule has 0 fully saturated rings. The summed E-state index contributed by atoms with van der Waals surface area (Å²) in [7, 11) is 0. The Kier molecular flexibility index (Phi) is 2.21. The van der Waals surface area contributed by atoms with E-state index in [0.29, 0.717) is 11.6 Å². The molecule has 0 aromatic carbocycles. The zero-order valence-corrected chi connectivity index (χ0v) is 9.42. The molecule has 0 atom stereocenters. The molecule has 1 aliphatic carbocycles. The average Bonchev–Trinajstić information content (AvgIpc) is 2.77. The van der Waals surface area contributed by atoms with Gasteiger partial charge in [0, 0.05) is 10.9 Å². The van der Waals surface area contributed by atoms with Crippen LogP contribution in [0, 0.1) is 0 Å². The van der Waals surface area contributed by atoms with Crippen molar-refractivity contribution in [2.45, 2.75) is 19.3 Å². The van der Waals surface area contributed by atoms with Gasteiger partial charge < -0.3 is 11.1 Å². The zero-order valence-electron chi connectivity index (χ0n) is 8.60. The van der Waals surface area contributed by atoms with Gasteiger partial charge in [-0.3, -0.25) is 0 Å². The highest BCUT2D eigenvalue weighted by molar-refractivity contribution is 7.15. The van der Waals surface area contributed by atoms with E-state index in [9.17, 15) is 0 Å². The fourth-order valence-corrected chi connectivity index (χ4v) is 2.85. The van der Waals surface area contributed by atoms with Crippen LogP contribution in [0.5, 0.6) is 0 Å². The van der Waals surface area contributed by atoms with Crippen molar-refractivity contribution in [2.75, 3.05) is 11.1 Å². The van der Waals surface area contributed by atoms with Crippen LogP contribution in [-0.2, 0) is 12.8 Å². The van der Waals surface area contributed by atoms with Gasteiger partial charge in [0.2, 0.25) is 0 Å². The lowest BCUT2D eigenvalue weighted by atomic mass is 10.4. The first kappa shape index (κ1) is 9.53. The van der Waals surface area contributed by atoms with Crippen LogP contribution in [0.25, 0.3) is 0 Å². The summed E-state index contributed by atoms with van der Waals surface area (Å²) in [4.78, 5) is 13.8. The van der Waals surface area contributed by atoms with Gasteiger partial charge >= 0.3 is 0 Å². The average molecular weight is 233 g/mol. The van der Waals surface area contributed by atoms with E-state index < -0.39 is 0 Å². The highest BCUT2D eigenvalue weighted by Gasteiger charge is 2.16. The van der Waals surface area contributed by atoms with Crippen LogP contribution in [0.4, 0.5) is 16.8 Å². The highest BCUT2D eigenvalue weighted by Crippen LogP contribution is 2.31. The van der Waals surface area contributed by atoms with Crippen molar-refractivity contribution in [3.05, 3.63) is 23.0 Å². The Morgan fingerprint density at radius 3 is 3.06 bits per heavy atom. The first-order chi connectivity index (χ1) is 7.81. The summed E-state index contributed by atoms with van der Waals surface area (Å²) in [6, 6.07) is 1.70. The minimum Gasteiger partial charge on any atom is -0.384 e. The quantitative estimate of drug-likeness (QED) is 0.826. The van der Waals surface area contributed by atoms with Crippen molar-refractivity contribution >= 4 is 28.1 Å². The van der Waals surface area contributed by atoms with Gasteiger partial charge in [0.1, 0.15) is 18.0 Å². The SMILES string of the molecule is Nc1cc(Nc2nc3c(s2)CCC3)ncn1. The van der Waals surface area contributed by atoms with Crippen molar-refractivity contribution in [1.29, 1.82) is 0 Å². The number of nitrogens with zero attached hydrogens (tertiary/aromatic N) is 3. The van der Waals surface area contributed by atoms with E-state index in [-0.39, 0.29) is 0 Å². The van der Waals surface area contributed by atoms with Crippen LogP contribution >= 0.6 is 11.3 Å². The van der Waals surface area contributed by atoms with Crippen LogP contribution in [0.3, 0.4) is 0 Å². The number of aryl methyl sites for hydroxylation is 2. The largest absolute Gasteiger partial charge is 0.384 e. The second kappa shape index (κ2) is 3.71. The molecule has 0 saturated carbocycles. The van der Waals surface area contributed by atoms with Crippen molar-refractivity contribution in [2.24, 2.45) is 0 Å². The van der Waals surface area contributed by atoms with Crippen molar-refractivity contribution < 1.29 is 0 Å². The summed E-state index contributed by atoms with van der Waals surface area (Å²) >= 11 is 1.70. The maximum Gasteiger partial charge on any atom is 0.188 e. The third kappa shape index (κ3) is 1.71. The van der Waals surface area contributed by atoms with Crippen molar-refractivity contribution in [3.63, 3.8) is 0 Å². The molecule has 2 heterocycles. The molecule has 2 aromatic heterocycles. The van der Waals surface area contributed by atoms with Crippen molar-refractivity contribution in [3.8, 4) is 0 Å². The number of anilines is 3. The third-order valence-electron chi connectivity index (χ3n) is 2.52. The predicted octanol–water partition coefficient (Wildman–Crippen LogP) is 1.75. The van der Waals surface area contributed by atoms with Crippen LogP contribution in [-0.4, -0.2) is 15.0 Å². The van der Waals surface area contributed by atoms with Gasteiger partial charge in [0.25, 0.3) is 0 Å². The minimum absolute atomic E-state index is 0.460. The van der Waals surface area contributed by atoms with Crippen LogP contribution in [0.1, 0.15) is 17.0 Å². The Morgan fingerprint density at radius 1 is 1.31 bits per heavy atom. The Labute approximate surface area is 96.8 Å². The normalized spacial score (nSPS) is 13.8. The number of nitrogens with two attached hydrogens (primary N) is 1. The van der Waals surface area contributed by atoms with E-state index >= 15 is 0 Å². The van der Waals surface area contributed by atoms with Crippen LogP contribution < -0.4 is 11.1 Å². The van der Waals surface area contributed by atoms with Crippen LogP contribution in [0.2, 0.25) is 0 Å². The lowest BCUT2D eigenvalue weighted by Crippen LogP contribution is -1.97. The van der Waals surface area contributed by atoms with E-state index in [0.717, 1.165) is 18.0 Å². The summed E-state index contributed by atoms with van der Waals surface area (Å²) < 4.78 is 0. The Morgan fingerprint density at radius 2 is 2.25 bits per heavy atom. The monoisotopic (exact) mass is 233 g/mol. The lowest BCUT2D eigenvalue weighted by molar-refractivity contribution is 0.900. The molecule has 0 amide bonds. The fraction of sp³-hybridized carbons (Fsp3) is 0.300. The summed E-state index contributed by atoms with van der Waals surface area (Å²) in [6.07, 6.45) is 4.92. The summed E-state index contributed by atoms with van der Waals surface area (Å²) in [6.45, 7) is 0. The Hall–Kier alpha value is -1.69. The summed E-state index contributed by atoms with van der Waals surface area (Å²) in [5.41, 5.74) is 6.81. The maximum absolute atomic E-state index is 5.58. The van der Waals surface area contributed by atoms with E-state index in [1.165, 1.54) is 23.3 Å². The molecule has 0 aliphatic heterocycles. The first-order valence-corrected chi connectivity index (χ1v) is 5.96. The topological polar surface area (TPSA) is 76.7 Å². The number of nitrogens with one attached hydrogen (secondary N) is 1. The first-order valence-electron chi connectivity index (χ1n) is 5.14. The van der Waals surface area contributed by atoms with E-state index in [2.05, 4.69) is 20.3 Å². The van der Waals surface area contributed by atoms with Crippen molar-refractivity contribution in [1.82, 2.24) is 15.0 Å². The van der Waals surface area contributed by atoms with Gasteiger partial charge in [0.05, 0.1) is 5.69 Å². The smallest absolute Gasteiger partial charge is 0.188 e. The number of hydrogen-bond acceptors (Lipinski definition) is 6. The van der Waals surface area contributed by atoms with Gasteiger partial charge in [-0.15, -0.1) is 11.3 Å². The Balaban J connectivity index is 1.83. The molecule has 0 radical (unpaired) electrons. The molecule has 2 aromatic rings. The second-order valence-electron chi connectivity index (χ2n) is 3.70. The molecule has 0 bridgehead atoms. The van der Waals surface area contributed by atoms with Gasteiger partial charge in [0.15, 0.2) is 5.13 Å². The number of thiazole rings is 1. The Bertz CT molecular complexity index is 500. The standard InChI is InChI=1S/C10H11N5S/c11-8-4-9(13-5-12-8)15-10-14-6-2-1-3-7(6)16-10/h4-5H,1-3H2,(H3,11,12,13,14,15). The second-order valence-corrected chi connectivity index (χ2v) is 4.78. The van der Waals surface area contributed by atoms with E-state index in [1.54, 1.807) is 17.4 Å². The minimum atomic E-state index is 0.460. The van der Waals surface area contributed by atoms with E-state index in [4.69, 9.17) is 5.73 Å². The molecule has 3 N–H and O–H groups in total. The highest BCUT2D eigenvalue weighted by atomic mass is 32.1. The molecule has 0 saturated heterocycles. The third-order valence-corrected chi connectivity index (χ3v) is 3.59. The number of hydrogen-bond donors (Lipinski definition) is 2. The molecule has 1 aliphatic rings. The molecular formula is C10H11N5S. The predicted molar refractivity (Wildman–Crippen MR) is 63.9 cm³/mol. The fourth-order valence-electron chi connectivity index (χ4n) is 1.79. The zero-order chi connectivity index (χ0) is 11.0. The molecule has 82 valence electrons. The molecule has 6 heteroatoms. The number of fused-ring (bicyclic) bond motifs is 1.